The maximum atomic E-state index is 2.61. The molecule has 2 fully saturated rings. The molecule has 0 heterocycles. The zero-order valence-electron chi connectivity index (χ0n) is 8.96. The Kier molecular flexibility index (Phi) is 1.61. The van der Waals surface area contributed by atoms with Crippen molar-refractivity contribution in [1.29, 1.82) is 0 Å². The van der Waals surface area contributed by atoms with Crippen LogP contribution in [-0.2, 0) is 0 Å². The van der Waals surface area contributed by atoms with Gasteiger partial charge in [0, 0.05) is 0 Å². The van der Waals surface area contributed by atoms with E-state index in [0.717, 1.165) is 23.7 Å². The Morgan fingerprint density at radius 1 is 1.00 bits per heavy atom. The van der Waals surface area contributed by atoms with Crippen molar-refractivity contribution in [2.75, 3.05) is 0 Å². The Morgan fingerprint density at radius 2 is 1.69 bits per heavy atom. The van der Waals surface area contributed by atoms with Crippen molar-refractivity contribution in [1.82, 2.24) is 0 Å². The van der Waals surface area contributed by atoms with Crippen molar-refractivity contribution in [3.8, 4) is 0 Å². The minimum absolute atomic E-state index is 1.01. The predicted molar refractivity (Wildman–Crippen MR) is 59.4 cm³/mol. The van der Waals surface area contributed by atoms with E-state index in [9.17, 15) is 0 Å². The van der Waals surface area contributed by atoms with Crippen LogP contribution in [0.25, 0.3) is 0 Å². The first-order chi connectivity index (χ1) is 6.07. The van der Waals surface area contributed by atoms with Gasteiger partial charge in [0.2, 0.25) is 0 Å². The van der Waals surface area contributed by atoms with E-state index >= 15 is 0 Å². The first kappa shape index (κ1) is 8.58. The van der Waals surface area contributed by atoms with Crippen LogP contribution in [0.3, 0.4) is 0 Å². The third-order valence-corrected chi connectivity index (χ3v) is 10.8. The van der Waals surface area contributed by atoms with Gasteiger partial charge in [-0.15, -0.1) is 0 Å². The second-order valence-corrected chi connectivity index (χ2v) is 17.9. The van der Waals surface area contributed by atoms with Gasteiger partial charge in [-0.1, -0.05) is 0 Å². The van der Waals surface area contributed by atoms with Gasteiger partial charge in [-0.25, -0.2) is 0 Å². The Bertz CT molecular complexity index is 261. The molecule has 2 bridgehead atoms. The molecule has 3 rings (SSSR count). The van der Waals surface area contributed by atoms with E-state index in [4.69, 9.17) is 0 Å². The van der Waals surface area contributed by atoms with Gasteiger partial charge in [0.15, 0.2) is 0 Å². The minimum atomic E-state index is -1.32. The summed E-state index contributed by atoms with van der Waals surface area (Å²) in [6, 6.07) is 0. The predicted octanol–water partition coefficient (Wildman–Crippen LogP) is 3.54. The van der Waals surface area contributed by atoms with E-state index in [1.54, 1.807) is 6.42 Å². The van der Waals surface area contributed by atoms with Crippen molar-refractivity contribution >= 4 is 13.3 Å². The first-order valence-electron chi connectivity index (χ1n) is 5.76. The van der Waals surface area contributed by atoms with Crippen LogP contribution in [0, 0.1) is 23.7 Å². The molecule has 72 valence electrons. The van der Waals surface area contributed by atoms with Gasteiger partial charge in [-0.3, -0.25) is 0 Å². The molecule has 0 aliphatic heterocycles. The van der Waals surface area contributed by atoms with E-state index in [-0.39, 0.29) is 0 Å². The van der Waals surface area contributed by atoms with E-state index in [1.165, 1.54) is 11.2 Å². The van der Waals surface area contributed by atoms with Gasteiger partial charge >= 0.3 is 84.0 Å². The fraction of sp³-hybridized carbons (Fsp3) is 0.833. The van der Waals surface area contributed by atoms with Crippen LogP contribution < -0.4 is 0 Å². The molecule has 0 aromatic carbocycles. The van der Waals surface area contributed by atoms with Crippen LogP contribution in [0.4, 0.5) is 0 Å². The Balaban J connectivity index is 1.83. The molecule has 5 atom stereocenters. The third kappa shape index (κ3) is 1.04. The normalized spacial score (nSPS) is 52.1. The summed E-state index contributed by atoms with van der Waals surface area (Å²) in [5, 5.41) is 0. The SMILES string of the molecule is [CH3][Ge]([CH3])([CH3])[CH]1CC2C3C=CC(C3)C21. The number of fused-ring (bicyclic) bond motifs is 5. The van der Waals surface area contributed by atoms with Crippen molar-refractivity contribution in [2.24, 2.45) is 23.7 Å². The molecule has 0 radical (unpaired) electrons. The van der Waals surface area contributed by atoms with E-state index in [2.05, 4.69) is 29.4 Å². The number of rotatable bonds is 1. The van der Waals surface area contributed by atoms with Crippen LogP contribution in [0.5, 0.6) is 0 Å². The summed E-state index contributed by atoms with van der Waals surface area (Å²) in [5.74, 6) is 12.1. The quantitative estimate of drug-likeness (QED) is 0.483. The van der Waals surface area contributed by atoms with Crippen LogP contribution in [0.2, 0.25) is 22.0 Å². The van der Waals surface area contributed by atoms with Crippen molar-refractivity contribution in [2.45, 2.75) is 34.9 Å². The Morgan fingerprint density at radius 3 is 2.31 bits per heavy atom. The number of hydrogen-bond donors (Lipinski definition) is 0. The standard InChI is InChI=1S/C12H20Ge/c1-13(2,3)11-7-10-8-4-5-9(6-8)12(10)11/h4-5,8-12H,6-7H2,1-3H3. The van der Waals surface area contributed by atoms with Crippen molar-refractivity contribution in [3.63, 3.8) is 0 Å². The summed E-state index contributed by atoms with van der Waals surface area (Å²) in [4.78, 5) is 0. The molecule has 2 saturated carbocycles. The monoisotopic (exact) mass is 238 g/mol. The summed E-state index contributed by atoms with van der Waals surface area (Å²) in [7, 11) is 0. The average molecular weight is 237 g/mol. The Labute approximate surface area is 84.1 Å². The molecular weight excluding hydrogens is 217 g/mol. The molecule has 3 aliphatic rings. The molecule has 5 unspecified atom stereocenters. The van der Waals surface area contributed by atoms with Gasteiger partial charge in [0.1, 0.15) is 0 Å². The van der Waals surface area contributed by atoms with Crippen LogP contribution in [-0.4, -0.2) is 13.3 Å². The molecular formula is C12H20Ge. The molecule has 0 spiro atoms. The Hall–Kier alpha value is 0.283. The van der Waals surface area contributed by atoms with Gasteiger partial charge in [0.25, 0.3) is 0 Å². The van der Waals surface area contributed by atoms with E-state index in [0.29, 0.717) is 0 Å². The summed E-state index contributed by atoms with van der Waals surface area (Å²) >= 11 is -1.32. The fourth-order valence-electron chi connectivity index (χ4n) is 4.08. The van der Waals surface area contributed by atoms with Gasteiger partial charge in [-0.05, 0) is 0 Å². The molecule has 13 heavy (non-hydrogen) atoms. The van der Waals surface area contributed by atoms with Gasteiger partial charge in [0.05, 0.1) is 0 Å². The van der Waals surface area contributed by atoms with Crippen LogP contribution >= 0.6 is 0 Å². The molecule has 0 saturated heterocycles. The summed E-state index contributed by atoms with van der Waals surface area (Å²) in [5.41, 5.74) is 0. The molecule has 0 nitrogen and oxygen atoms in total. The molecule has 0 amide bonds. The number of allylic oxidation sites excluding steroid dienone is 2. The third-order valence-electron chi connectivity index (χ3n) is 4.79. The van der Waals surface area contributed by atoms with Crippen LogP contribution in [0.1, 0.15) is 12.8 Å². The number of hydrogen-bond acceptors (Lipinski definition) is 0. The van der Waals surface area contributed by atoms with Gasteiger partial charge < -0.3 is 0 Å². The zero-order valence-corrected chi connectivity index (χ0v) is 11.1. The van der Waals surface area contributed by atoms with Crippen molar-refractivity contribution < 1.29 is 0 Å². The second kappa shape index (κ2) is 2.45. The molecule has 3 aliphatic carbocycles. The second-order valence-electron chi connectivity index (χ2n) is 6.40. The van der Waals surface area contributed by atoms with Gasteiger partial charge in [-0.2, -0.15) is 0 Å². The van der Waals surface area contributed by atoms with Crippen molar-refractivity contribution in [3.05, 3.63) is 12.2 Å². The summed E-state index contributed by atoms with van der Waals surface area (Å²) < 4.78 is 1.20. The molecule has 0 N–H and O–H groups in total. The first-order valence-corrected chi connectivity index (χ1v) is 13.3. The fourth-order valence-corrected chi connectivity index (χ4v) is 9.59. The maximum absolute atomic E-state index is 2.61. The average Bonchev–Trinajstić information content (AvgIpc) is 2.37. The summed E-state index contributed by atoms with van der Waals surface area (Å²) in [6.45, 7) is 0. The molecule has 1 heteroatoms. The van der Waals surface area contributed by atoms with E-state index < -0.39 is 13.3 Å². The zero-order chi connectivity index (χ0) is 9.22. The van der Waals surface area contributed by atoms with E-state index in [1.807, 2.05) is 0 Å². The topological polar surface area (TPSA) is 0 Å². The summed E-state index contributed by atoms with van der Waals surface area (Å²) in [6.07, 6.45) is 8.16. The molecule has 0 aromatic rings. The van der Waals surface area contributed by atoms with Crippen LogP contribution in [0.15, 0.2) is 12.2 Å². The molecule has 0 aromatic heterocycles.